The van der Waals surface area contributed by atoms with Gasteiger partial charge in [0.2, 0.25) is 0 Å². The molecule has 16 heavy (non-hydrogen) atoms. The van der Waals surface area contributed by atoms with Crippen molar-refractivity contribution < 1.29 is 19.4 Å². The lowest BCUT2D eigenvalue weighted by molar-refractivity contribution is -0.305. The van der Waals surface area contributed by atoms with Gasteiger partial charge in [0.25, 0.3) is 0 Å². The first-order valence-corrected chi connectivity index (χ1v) is 4.82. The van der Waals surface area contributed by atoms with Crippen molar-refractivity contribution in [1.82, 2.24) is 0 Å². The number of benzene rings is 1. The fraction of sp³-hybridized carbons (Fsp3) is 0.273. The zero-order chi connectivity index (χ0) is 12.0. The number of hydrogen-bond donors (Lipinski definition) is 1. The van der Waals surface area contributed by atoms with E-state index in [1.54, 1.807) is 30.3 Å². The molecule has 0 aliphatic rings. The quantitative estimate of drug-likeness (QED) is 0.533. The van der Waals surface area contributed by atoms with E-state index in [0.29, 0.717) is 5.75 Å². The number of hydrogen-bond acceptors (Lipinski definition) is 5. The number of esters is 1. The molecule has 0 aromatic heterocycles. The first-order chi connectivity index (χ1) is 7.59. The molecule has 0 radical (unpaired) electrons. The zero-order valence-corrected chi connectivity index (χ0v) is 8.59. The molecule has 1 aromatic rings. The van der Waals surface area contributed by atoms with Gasteiger partial charge in [0.1, 0.15) is 11.8 Å². The molecule has 0 saturated carbocycles. The van der Waals surface area contributed by atoms with E-state index in [2.05, 4.69) is 0 Å². The van der Waals surface area contributed by atoms with Gasteiger partial charge in [-0.15, -0.1) is 0 Å². The normalized spacial score (nSPS) is 11.8. The van der Waals surface area contributed by atoms with E-state index < -0.39 is 18.0 Å². The van der Waals surface area contributed by atoms with Gasteiger partial charge in [0, 0.05) is 5.97 Å². The molecular weight excluding hydrogens is 210 g/mol. The van der Waals surface area contributed by atoms with Crippen LogP contribution < -0.4 is 15.6 Å². The molecule has 0 fully saturated rings. The number of carbonyl (C=O) groups is 2. The Morgan fingerprint density at radius 3 is 2.50 bits per heavy atom. The lowest BCUT2D eigenvalue weighted by Crippen LogP contribution is -2.36. The molecule has 5 heteroatoms. The summed E-state index contributed by atoms with van der Waals surface area (Å²) >= 11 is 0. The molecule has 2 N–H and O–H groups in total. The van der Waals surface area contributed by atoms with E-state index in [1.165, 1.54) is 0 Å². The highest BCUT2D eigenvalue weighted by Gasteiger charge is 2.15. The van der Waals surface area contributed by atoms with E-state index >= 15 is 0 Å². The van der Waals surface area contributed by atoms with E-state index in [-0.39, 0.29) is 12.8 Å². The molecule has 0 heterocycles. The second kappa shape index (κ2) is 5.87. The predicted molar refractivity (Wildman–Crippen MR) is 54.3 cm³/mol. The van der Waals surface area contributed by atoms with E-state index in [0.717, 1.165) is 0 Å². The smallest absolute Gasteiger partial charge is 0.328 e. The zero-order valence-electron chi connectivity index (χ0n) is 8.59. The van der Waals surface area contributed by atoms with E-state index in [1.807, 2.05) is 0 Å². The minimum absolute atomic E-state index is 0.00794. The summed E-state index contributed by atoms with van der Waals surface area (Å²) < 4.78 is 4.93. The molecule has 5 nitrogen and oxygen atoms in total. The van der Waals surface area contributed by atoms with Crippen LogP contribution in [0.25, 0.3) is 0 Å². The van der Waals surface area contributed by atoms with Gasteiger partial charge in [-0.25, -0.2) is 4.79 Å². The van der Waals surface area contributed by atoms with Crippen LogP contribution in [-0.2, 0) is 9.59 Å². The second-order valence-corrected chi connectivity index (χ2v) is 3.25. The molecule has 0 saturated heterocycles. The van der Waals surface area contributed by atoms with E-state index in [9.17, 15) is 14.7 Å². The largest absolute Gasteiger partial charge is 0.550 e. The third-order valence-electron chi connectivity index (χ3n) is 1.92. The number of rotatable bonds is 5. The molecule has 0 amide bonds. The fourth-order valence-electron chi connectivity index (χ4n) is 1.07. The standard InChI is InChI=1S/C11H13NO4/c12-9(6-7-10(13)14)11(15)16-8-4-2-1-3-5-8/h1-5,9H,6-7,12H2,(H,13,14)/p-1/t9-/m0/s1. The van der Waals surface area contributed by atoms with Crippen LogP contribution in [0.3, 0.4) is 0 Å². The van der Waals surface area contributed by atoms with Gasteiger partial charge in [0.15, 0.2) is 0 Å². The molecular formula is C11H12NO4-. The van der Waals surface area contributed by atoms with Gasteiger partial charge in [-0.3, -0.25) is 0 Å². The SMILES string of the molecule is N[C@@H](CCC(=O)[O-])C(=O)Oc1ccccc1. The topological polar surface area (TPSA) is 92.5 Å². The number of ether oxygens (including phenoxy) is 1. The Hall–Kier alpha value is -1.88. The van der Waals surface area contributed by atoms with Crippen molar-refractivity contribution in [1.29, 1.82) is 0 Å². The van der Waals surface area contributed by atoms with Crippen LogP contribution >= 0.6 is 0 Å². The predicted octanol–water partition coefficient (Wildman–Crippen LogP) is -0.551. The Labute approximate surface area is 92.8 Å². The van der Waals surface area contributed by atoms with Crippen molar-refractivity contribution in [3.05, 3.63) is 30.3 Å². The summed E-state index contributed by atoms with van der Waals surface area (Å²) in [5.74, 6) is -1.49. The second-order valence-electron chi connectivity index (χ2n) is 3.25. The molecule has 0 aliphatic heterocycles. The lowest BCUT2D eigenvalue weighted by atomic mass is 10.2. The Morgan fingerprint density at radius 2 is 1.94 bits per heavy atom. The van der Waals surface area contributed by atoms with Crippen molar-refractivity contribution in [2.24, 2.45) is 5.73 Å². The first-order valence-electron chi connectivity index (χ1n) is 4.82. The van der Waals surface area contributed by atoms with Crippen LogP contribution in [0.15, 0.2) is 30.3 Å². The molecule has 0 spiro atoms. The highest BCUT2D eigenvalue weighted by Crippen LogP contribution is 2.09. The Morgan fingerprint density at radius 1 is 1.31 bits per heavy atom. The van der Waals surface area contributed by atoms with Crippen molar-refractivity contribution in [3.63, 3.8) is 0 Å². The Bertz CT molecular complexity index is 364. The highest BCUT2D eigenvalue weighted by molar-refractivity contribution is 5.78. The van der Waals surface area contributed by atoms with Crippen LogP contribution in [0.4, 0.5) is 0 Å². The molecule has 0 bridgehead atoms. The number of carbonyl (C=O) groups excluding carboxylic acids is 2. The monoisotopic (exact) mass is 222 g/mol. The maximum atomic E-state index is 11.4. The summed E-state index contributed by atoms with van der Waals surface area (Å²) in [7, 11) is 0. The first kappa shape index (κ1) is 12.2. The number of aliphatic carboxylic acids is 1. The van der Waals surface area contributed by atoms with Gasteiger partial charge >= 0.3 is 5.97 Å². The molecule has 86 valence electrons. The minimum atomic E-state index is -1.23. The van der Waals surface area contributed by atoms with Crippen LogP contribution in [0.5, 0.6) is 5.75 Å². The van der Waals surface area contributed by atoms with Crippen molar-refractivity contribution in [2.75, 3.05) is 0 Å². The van der Waals surface area contributed by atoms with Crippen LogP contribution in [0.2, 0.25) is 0 Å². The molecule has 0 unspecified atom stereocenters. The lowest BCUT2D eigenvalue weighted by Gasteiger charge is -2.11. The van der Waals surface area contributed by atoms with Crippen molar-refractivity contribution >= 4 is 11.9 Å². The summed E-state index contributed by atoms with van der Waals surface area (Å²) in [6.45, 7) is 0. The summed E-state index contributed by atoms with van der Waals surface area (Å²) in [5.41, 5.74) is 5.45. The van der Waals surface area contributed by atoms with Gasteiger partial charge in [-0.1, -0.05) is 18.2 Å². The Kier molecular flexibility index (Phi) is 4.47. The summed E-state index contributed by atoms with van der Waals surface area (Å²) in [4.78, 5) is 21.5. The molecule has 0 aliphatic carbocycles. The van der Waals surface area contributed by atoms with Crippen molar-refractivity contribution in [2.45, 2.75) is 18.9 Å². The molecule has 1 rings (SSSR count). The minimum Gasteiger partial charge on any atom is -0.550 e. The van der Waals surface area contributed by atoms with Crippen LogP contribution in [-0.4, -0.2) is 18.0 Å². The van der Waals surface area contributed by atoms with Gasteiger partial charge in [-0.2, -0.15) is 0 Å². The molecule has 1 aromatic carbocycles. The molecule has 1 atom stereocenters. The number of nitrogens with two attached hydrogens (primary N) is 1. The van der Waals surface area contributed by atoms with Gasteiger partial charge in [-0.05, 0) is 25.0 Å². The van der Waals surface area contributed by atoms with Gasteiger partial charge in [0.05, 0.1) is 0 Å². The van der Waals surface area contributed by atoms with Crippen LogP contribution in [0.1, 0.15) is 12.8 Å². The maximum Gasteiger partial charge on any atom is 0.328 e. The average Bonchev–Trinajstić information content (AvgIpc) is 2.27. The summed E-state index contributed by atoms with van der Waals surface area (Å²) in [6.07, 6.45) is -0.251. The third kappa shape index (κ3) is 4.10. The highest BCUT2D eigenvalue weighted by atomic mass is 16.5. The number of para-hydroxylation sites is 1. The van der Waals surface area contributed by atoms with Crippen LogP contribution in [0, 0.1) is 0 Å². The maximum absolute atomic E-state index is 11.4. The van der Waals surface area contributed by atoms with Crippen molar-refractivity contribution in [3.8, 4) is 5.75 Å². The Balaban J connectivity index is 2.43. The van der Waals surface area contributed by atoms with Gasteiger partial charge < -0.3 is 20.4 Å². The fourth-order valence-corrected chi connectivity index (χ4v) is 1.07. The van der Waals surface area contributed by atoms with E-state index in [4.69, 9.17) is 10.5 Å². The average molecular weight is 222 g/mol. The summed E-state index contributed by atoms with van der Waals surface area (Å²) in [5, 5.41) is 10.2. The number of carboxylic acids is 1. The third-order valence-corrected chi connectivity index (χ3v) is 1.92. The summed E-state index contributed by atoms with van der Waals surface area (Å²) in [6, 6.07) is 7.50. The number of carboxylic acid groups (broad SMARTS) is 1.